The average molecular weight is 553 g/mol. The minimum Gasteiger partial charge on any atom is -0.445 e. The summed E-state index contributed by atoms with van der Waals surface area (Å²) in [6.07, 6.45) is -13.5. The first-order valence-corrected chi connectivity index (χ1v) is 9.20. The van der Waals surface area contributed by atoms with Gasteiger partial charge < -0.3 is 9.47 Å². The Morgan fingerprint density at radius 1 is 1.03 bits per heavy atom. The molecule has 158 valence electrons. The molecule has 2 rings (SSSR count). The second-order valence-corrected chi connectivity index (χ2v) is 7.34. The van der Waals surface area contributed by atoms with Crippen molar-refractivity contribution in [2.24, 2.45) is 0 Å². The molecule has 0 fully saturated rings. The minimum absolute atomic E-state index is 0.0417. The molecule has 0 heterocycles. The van der Waals surface area contributed by atoms with Crippen molar-refractivity contribution in [3.05, 3.63) is 68.3 Å². The lowest BCUT2D eigenvalue weighted by atomic mass is 9.92. The number of carbonyl (C=O) groups excluding carboxylic acids is 1. The summed E-state index contributed by atoms with van der Waals surface area (Å²) in [5.41, 5.74) is -5.02. The highest BCUT2D eigenvalue weighted by Crippen LogP contribution is 2.46. The SMILES string of the molecule is CO[C@@](C(=O)O[C@H](c1ccc(Cl)cc1I)C(F)(F)F)(c1ccccc1)C(F)(F)F. The van der Waals surface area contributed by atoms with Crippen LogP contribution in [-0.2, 0) is 19.9 Å². The van der Waals surface area contributed by atoms with Gasteiger partial charge >= 0.3 is 18.3 Å². The molecule has 0 aliphatic rings. The Morgan fingerprint density at radius 3 is 2.07 bits per heavy atom. The Morgan fingerprint density at radius 2 is 1.62 bits per heavy atom. The highest BCUT2D eigenvalue weighted by Gasteiger charge is 2.65. The standard InChI is InChI=1S/C18H12ClF6IO3/c1-28-16(18(23,24)25,10-5-3-2-4-6-10)15(27)29-14(17(20,21)22)12-8-7-11(19)9-13(12)26/h2-9,14H,1H3/t14-,16-/m1/s1. The van der Waals surface area contributed by atoms with Crippen LogP contribution < -0.4 is 0 Å². The molecular weight excluding hydrogens is 541 g/mol. The van der Waals surface area contributed by atoms with E-state index in [2.05, 4.69) is 9.47 Å². The molecule has 0 bridgehead atoms. The molecule has 0 aliphatic carbocycles. The third kappa shape index (κ3) is 4.80. The van der Waals surface area contributed by atoms with Crippen LogP contribution >= 0.6 is 34.2 Å². The highest BCUT2D eigenvalue weighted by atomic mass is 127. The molecule has 0 unspecified atom stereocenters. The van der Waals surface area contributed by atoms with Crippen LogP contribution in [-0.4, -0.2) is 25.4 Å². The van der Waals surface area contributed by atoms with Gasteiger partial charge in [0.25, 0.3) is 5.60 Å². The Labute approximate surface area is 180 Å². The molecular formula is C18H12ClF6IO3. The van der Waals surface area contributed by atoms with E-state index in [-0.39, 0.29) is 8.59 Å². The van der Waals surface area contributed by atoms with Gasteiger partial charge in [0.2, 0.25) is 6.10 Å². The van der Waals surface area contributed by atoms with Crippen LogP contribution in [0.15, 0.2) is 48.5 Å². The van der Waals surface area contributed by atoms with Crippen LogP contribution in [0.25, 0.3) is 0 Å². The number of halogens is 8. The molecule has 3 nitrogen and oxygen atoms in total. The van der Waals surface area contributed by atoms with Gasteiger partial charge in [-0.25, -0.2) is 4.79 Å². The number of ether oxygens (including phenoxy) is 2. The summed E-state index contributed by atoms with van der Waals surface area (Å²) in [6.45, 7) is 0. The van der Waals surface area contributed by atoms with Crippen molar-refractivity contribution in [3.63, 3.8) is 0 Å². The van der Waals surface area contributed by atoms with Crippen LogP contribution in [0, 0.1) is 3.57 Å². The number of alkyl halides is 6. The largest absolute Gasteiger partial charge is 0.445 e. The van der Waals surface area contributed by atoms with Gasteiger partial charge in [-0.05, 0) is 34.7 Å². The third-order valence-electron chi connectivity index (χ3n) is 3.94. The monoisotopic (exact) mass is 552 g/mol. The second kappa shape index (κ2) is 8.68. The lowest BCUT2D eigenvalue weighted by Crippen LogP contribution is -2.52. The van der Waals surface area contributed by atoms with Gasteiger partial charge in [0.1, 0.15) is 0 Å². The Bertz CT molecular complexity index is 872. The smallest absolute Gasteiger partial charge is 0.432 e. The molecule has 0 spiro atoms. The Hall–Kier alpha value is -1.53. The molecule has 0 radical (unpaired) electrons. The third-order valence-corrected chi connectivity index (χ3v) is 5.11. The Kier molecular flexibility index (Phi) is 7.11. The predicted octanol–water partition coefficient (Wildman–Crippen LogP) is 6.20. The zero-order chi connectivity index (χ0) is 22.0. The van der Waals surface area contributed by atoms with E-state index >= 15 is 0 Å². The van der Waals surface area contributed by atoms with Crippen molar-refractivity contribution in [1.82, 2.24) is 0 Å². The lowest BCUT2D eigenvalue weighted by molar-refractivity contribution is -0.289. The molecule has 11 heteroatoms. The van der Waals surface area contributed by atoms with Gasteiger partial charge in [-0.15, -0.1) is 0 Å². The number of benzene rings is 2. The van der Waals surface area contributed by atoms with Gasteiger partial charge in [0.15, 0.2) is 0 Å². The molecule has 0 aliphatic heterocycles. The first-order valence-electron chi connectivity index (χ1n) is 7.74. The van der Waals surface area contributed by atoms with Gasteiger partial charge in [0.05, 0.1) is 0 Å². The summed E-state index contributed by atoms with van der Waals surface area (Å²) < 4.78 is 91.2. The Balaban J connectivity index is 2.58. The van der Waals surface area contributed by atoms with E-state index in [0.717, 1.165) is 30.3 Å². The van der Waals surface area contributed by atoms with E-state index in [1.165, 1.54) is 40.8 Å². The van der Waals surface area contributed by atoms with Crippen molar-refractivity contribution in [1.29, 1.82) is 0 Å². The number of methoxy groups -OCH3 is 1. The molecule has 0 amide bonds. The minimum atomic E-state index is -5.40. The van der Waals surface area contributed by atoms with E-state index in [4.69, 9.17) is 11.6 Å². The molecule has 0 saturated heterocycles. The van der Waals surface area contributed by atoms with E-state index in [0.29, 0.717) is 7.11 Å². The number of rotatable bonds is 5. The summed E-state index contributed by atoms with van der Waals surface area (Å²) >= 11 is 7.23. The van der Waals surface area contributed by atoms with Crippen molar-refractivity contribution in [2.75, 3.05) is 7.11 Å². The molecule has 0 aromatic heterocycles. The topological polar surface area (TPSA) is 35.5 Å². The zero-order valence-corrected chi connectivity index (χ0v) is 17.4. The molecule has 0 saturated carbocycles. The first-order chi connectivity index (χ1) is 13.3. The molecule has 29 heavy (non-hydrogen) atoms. The second-order valence-electron chi connectivity index (χ2n) is 5.74. The molecule has 2 aromatic carbocycles. The van der Waals surface area contributed by atoms with Crippen molar-refractivity contribution < 1.29 is 40.6 Å². The molecule has 2 atom stereocenters. The maximum atomic E-state index is 13.9. The number of hydrogen-bond acceptors (Lipinski definition) is 3. The van der Waals surface area contributed by atoms with Gasteiger partial charge in [-0.2, -0.15) is 26.3 Å². The summed E-state index contributed by atoms with van der Waals surface area (Å²) in [7, 11) is 0.566. The van der Waals surface area contributed by atoms with Crippen LogP contribution in [0.1, 0.15) is 17.2 Å². The van der Waals surface area contributed by atoms with Crippen molar-refractivity contribution >= 4 is 40.2 Å². The van der Waals surface area contributed by atoms with Crippen LogP contribution in [0.4, 0.5) is 26.3 Å². The normalized spacial score (nSPS) is 15.5. The summed E-state index contributed by atoms with van der Waals surface area (Å²) in [4.78, 5) is 12.6. The summed E-state index contributed by atoms with van der Waals surface area (Å²) in [5.74, 6) is -2.24. The molecule has 0 N–H and O–H groups in total. The van der Waals surface area contributed by atoms with E-state index in [1.807, 2.05) is 0 Å². The first kappa shape index (κ1) is 23.7. The van der Waals surface area contributed by atoms with Gasteiger partial charge in [0, 0.05) is 26.8 Å². The summed E-state index contributed by atoms with van der Waals surface area (Å²) in [5, 5.41) is 0.108. The van der Waals surface area contributed by atoms with Crippen LogP contribution in [0.2, 0.25) is 5.02 Å². The van der Waals surface area contributed by atoms with Gasteiger partial charge in [-0.1, -0.05) is 48.0 Å². The maximum absolute atomic E-state index is 13.9. The fraction of sp³-hybridized carbons (Fsp3) is 0.278. The van der Waals surface area contributed by atoms with Crippen LogP contribution in [0.5, 0.6) is 0 Å². The average Bonchev–Trinajstić information content (AvgIpc) is 2.60. The number of esters is 1. The lowest BCUT2D eigenvalue weighted by Gasteiger charge is -2.34. The highest BCUT2D eigenvalue weighted by molar-refractivity contribution is 14.1. The van der Waals surface area contributed by atoms with Crippen LogP contribution in [0.3, 0.4) is 0 Å². The fourth-order valence-electron chi connectivity index (χ4n) is 2.60. The van der Waals surface area contributed by atoms with Gasteiger partial charge in [-0.3, -0.25) is 0 Å². The molecule has 2 aromatic rings. The van der Waals surface area contributed by atoms with Crippen molar-refractivity contribution in [3.8, 4) is 0 Å². The van der Waals surface area contributed by atoms with E-state index < -0.39 is 41.2 Å². The van der Waals surface area contributed by atoms with E-state index in [1.54, 1.807) is 0 Å². The predicted molar refractivity (Wildman–Crippen MR) is 100 cm³/mol. The fourth-order valence-corrected chi connectivity index (χ4v) is 3.75. The number of carbonyl (C=O) groups is 1. The number of hydrogen-bond donors (Lipinski definition) is 0. The quantitative estimate of drug-likeness (QED) is 0.252. The van der Waals surface area contributed by atoms with Crippen molar-refractivity contribution in [2.45, 2.75) is 24.1 Å². The van der Waals surface area contributed by atoms with E-state index in [9.17, 15) is 31.1 Å². The maximum Gasteiger partial charge on any atom is 0.432 e. The zero-order valence-electron chi connectivity index (χ0n) is 14.4. The summed E-state index contributed by atoms with van der Waals surface area (Å²) in [6, 6.07) is 8.77.